The van der Waals surface area contributed by atoms with E-state index in [0.717, 1.165) is 17.7 Å². The van der Waals surface area contributed by atoms with Crippen LogP contribution in [0, 0.1) is 5.82 Å². The summed E-state index contributed by atoms with van der Waals surface area (Å²) in [6, 6.07) is 9.93. The Bertz CT molecular complexity index is 540. The van der Waals surface area contributed by atoms with E-state index in [1.165, 1.54) is 18.3 Å². The maximum absolute atomic E-state index is 13.0. The highest BCUT2D eigenvalue weighted by Crippen LogP contribution is 2.13. The fourth-order valence-corrected chi connectivity index (χ4v) is 1.68. The van der Waals surface area contributed by atoms with Crippen LogP contribution in [0.3, 0.4) is 0 Å². The molecule has 0 unspecified atom stereocenters. The standard InChI is InChI=1S/C14H13FN2O/c1-17(9-11-3-2-4-13(15)7-11)14-6-5-12(10-18)8-16-14/h2-8,10H,9H2,1H3. The molecule has 0 spiro atoms. The van der Waals surface area contributed by atoms with Gasteiger partial charge in [0.1, 0.15) is 11.6 Å². The number of halogens is 1. The number of benzene rings is 1. The molecule has 3 nitrogen and oxygen atoms in total. The lowest BCUT2D eigenvalue weighted by atomic mass is 10.2. The van der Waals surface area contributed by atoms with Crippen molar-refractivity contribution in [3.63, 3.8) is 0 Å². The summed E-state index contributed by atoms with van der Waals surface area (Å²) in [4.78, 5) is 16.6. The van der Waals surface area contributed by atoms with Crippen molar-refractivity contribution in [2.75, 3.05) is 11.9 Å². The second kappa shape index (κ2) is 5.40. The third-order valence-electron chi connectivity index (χ3n) is 2.61. The normalized spacial score (nSPS) is 10.1. The molecule has 0 saturated heterocycles. The van der Waals surface area contributed by atoms with Gasteiger partial charge in [-0.25, -0.2) is 9.37 Å². The van der Waals surface area contributed by atoms with Crippen LogP contribution in [0.25, 0.3) is 0 Å². The first kappa shape index (κ1) is 12.2. The zero-order valence-corrected chi connectivity index (χ0v) is 10.0. The highest BCUT2D eigenvalue weighted by Gasteiger charge is 2.04. The molecule has 18 heavy (non-hydrogen) atoms. The number of aldehydes is 1. The summed E-state index contributed by atoms with van der Waals surface area (Å²) in [6.45, 7) is 0.561. The molecule has 1 aromatic carbocycles. The molecule has 2 rings (SSSR count). The van der Waals surface area contributed by atoms with E-state index < -0.39 is 0 Å². The molecule has 0 atom stereocenters. The minimum absolute atomic E-state index is 0.245. The van der Waals surface area contributed by atoms with Crippen LogP contribution in [0.1, 0.15) is 15.9 Å². The van der Waals surface area contributed by atoms with E-state index in [1.807, 2.05) is 18.0 Å². The largest absolute Gasteiger partial charge is 0.355 e. The van der Waals surface area contributed by atoms with Crippen LogP contribution in [0.15, 0.2) is 42.6 Å². The number of pyridine rings is 1. The molecule has 0 aliphatic rings. The number of nitrogens with zero attached hydrogens (tertiary/aromatic N) is 2. The van der Waals surface area contributed by atoms with Crippen molar-refractivity contribution in [1.29, 1.82) is 0 Å². The summed E-state index contributed by atoms with van der Waals surface area (Å²) in [5, 5.41) is 0. The van der Waals surface area contributed by atoms with Gasteiger partial charge in [0.15, 0.2) is 6.29 Å². The van der Waals surface area contributed by atoms with Gasteiger partial charge in [-0.05, 0) is 29.8 Å². The fraction of sp³-hybridized carbons (Fsp3) is 0.143. The van der Waals surface area contributed by atoms with Gasteiger partial charge >= 0.3 is 0 Å². The van der Waals surface area contributed by atoms with Crippen LogP contribution in [-0.4, -0.2) is 18.3 Å². The average molecular weight is 244 g/mol. The summed E-state index contributed by atoms with van der Waals surface area (Å²) in [5.41, 5.74) is 1.41. The van der Waals surface area contributed by atoms with Gasteiger partial charge < -0.3 is 4.90 Å². The molecule has 1 heterocycles. The van der Waals surface area contributed by atoms with Gasteiger partial charge in [-0.2, -0.15) is 0 Å². The first-order chi connectivity index (χ1) is 8.69. The van der Waals surface area contributed by atoms with Crippen LogP contribution < -0.4 is 4.90 Å². The van der Waals surface area contributed by atoms with Crippen molar-refractivity contribution >= 4 is 12.1 Å². The van der Waals surface area contributed by atoms with E-state index in [9.17, 15) is 9.18 Å². The van der Waals surface area contributed by atoms with E-state index in [2.05, 4.69) is 4.98 Å². The van der Waals surface area contributed by atoms with Crippen LogP contribution in [0.4, 0.5) is 10.2 Å². The van der Waals surface area contributed by atoms with Crippen LogP contribution in [-0.2, 0) is 6.54 Å². The average Bonchev–Trinajstić information content (AvgIpc) is 2.39. The molecule has 0 radical (unpaired) electrons. The van der Waals surface area contributed by atoms with Crippen LogP contribution >= 0.6 is 0 Å². The number of aromatic nitrogens is 1. The Morgan fingerprint density at radius 1 is 1.33 bits per heavy atom. The second-order valence-corrected chi connectivity index (χ2v) is 4.05. The summed E-state index contributed by atoms with van der Waals surface area (Å²) in [6.07, 6.45) is 2.27. The van der Waals surface area contributed by atoms with Crippen molar-refractivity contribution in [3.05, 3.63) is 59.5 Å². The zero-order chi connectivity index (χ0) is 13.0. The number of hydrogen-bond acceptors (Lipinski definition) is 3. The summed E-state index contributed by atoms with van der Waals surface area (Å²) >= 11 is 0. The van der Waals surface area contributed by atoms with Crippen LogP contribution in [0.2, 0.25) is 0 Å². The molecular weight excluding hydrogens is 231 g/mol. The van der Waals surface area contributed by atoms with Gasteiger partial charge in [0, 0.05) is 25.4 Å². The van der Waals surface area contributed by atoms with Gasteiger partial charge in [-0.3, -0.25) is 4.79 Å². The van der Waals surface area contributed by atoms with E-state index in [4.69, 9.17) is 0 Å². The number of carbonyl (C=O) groups excluding carboxylic acids is 1. The fourth-order valence-electron chi connectivity index (χ4n) is 1.68. The second-order valence-electron chi connectivity index (χ2n) is 4.05. The monoisotopic (exact) mass is 244 g/mol. The topological polar surface area (TPSA) is 33.2 Å². The molecule has 0 bridgehead atoms. The van der Waals surface area contributed by atoms with Gasteiger partial charge in [0.25, 0.3) is 0 Å². The SMILES string of the molecule is CN(Cc1cccc(F)c1)c1ccc(C=O)cn1. The number of hydrogen-bond donors (Lipinski definition) is 0. The zero-order valence-electron chi connectivity index (χ0n) is 10.0. The molecule has 0 amide bonds. The molecular formula is C14H13FN2O. The summed E-state index contributed by atoms with van der Waals surface area (Å²) in [5.74, 6) is 0.495. The first-order valence-corrected chi connectivity index (χ1v) is 5.56. The van der Waals surface area contributed by atoms with E-state index >= 15 is 0 Å². The number of anilines is 1. The Kier molecular flexibility index (Phi) is 3.67. The summed E-state index contributed by atoms with van der Waals surface area (Å²) < 4.78 is 13.0. The third-order valence-corrected chi connectivity index (χ3v) is 2.61. The molecule has 2 aromatic rings. The molecule has 0 aliphatic heterocycles. The smallest absolute Gasteiger partial charge is 0.151 e. The van der Waals surface area contributed by atoms with Crippen molar-refractivity contribution in [3.8, 4) is 0 Å². The maximum Gasteiger partial charge on any atom is 0.151 e. The Morgan fingerprint density at radius 2 is 2.17 bits per heavy atom. The first-order valence-electron chi connectivity index (χ1n) is 5.56. The lowest BCUT2D eigenvalue weighted by Gasteiger charge is -2.18. The molecule has 0 aliphatic carbocycles. The lowest BCUT2D eigenvalue weighted by molar-refractivity contribution is 0.112. The predicted molar refractivity (Wildman–Crippen MR) is 68.1 cm³/mol. The number of carbonyl (C=O) groups is 1. The van der Waals surface area contributed by atoms with Crippen LogP contribution in [0.5, 0.6) is 0 Å². The third kappa shape index (κ3) is 2.91. The molecule has 0 saturated carbocycles. The molecule has 0 N–H and O–H groups in total. The Balaban J connectivity index is 2.11. The molecule has 92 valence electrons. The van der Waals surface area contributed by atoms with Gasteiger partial charge in [0.05, 0.1) is 0 Å². The highest BCUT2D eigenvalue weighted by molar-refractivity contribution is 5.74. The van der Waals surface area contributed by atoms with Gasteiger partial charge in [-0.15, -0.1) is 0 Å². The molecule has 4 heteroatoms. The van der Waals surface area contributed by atoms with Gasteiger partial charge in [0.2, 0.25) is 0 Å². The molecule has 1 aromatic heterocycles. The lowest BCUT2D eigenvalue weighted by Crippen LogP contribution is -2.17. The Hall–Kier alpha value is -2.23. The van der Waals surface area contributed by atoms with Crippen molar-refractivity contribution in [1.82, 2.24) is 4.98 Å². The minimum atomic E-state index is -0.245. The highest BCUT2D eigenvalue weighted by atomic mass is 19.1. The van der Waals surface area contributed by atoms with Crippen molar-refractivity contribution in [2.45, 2.75) is 6.54 Å². The summed E-state index contributed by atoms with van der Waals surface area (Å²) in [7, 11) is 1.87. The predicted octanol–water partition coefficient (Wildman–Crippen LogP) is 2.67. The van der Waals surface area contributed by atoms with Crippen molar-refractivity contribution < 1.29 is 9.18 Å². The van der Waals surface area contributed by atoms with Gasteiger partial charge in [-0.1, -0.05) is 12.1 Å². The Labute approximate surface area is 105 Å². The Morgan fingerprint density at radius 3 is 2.78 bits per heavy atom. The maximum atomic E-state index is 13.0. The minimum Gasteiger partial charge on any atom is -0.355 e. The van der Waals surface area contributed by atoms with Crippen molar-refractivity contribution in [2.24, 2.45) is 0 Å². The van der Waals surface area contributed by atoms with E-state index in [1.54, 1.807) is 18.2 Å². The van der Waals surface area contributed by atoms with E-state index in [0.29, 0.717) is 12.1 Å². The number of rotatable bonds is 4. The van der Waals surface area contributed by atoms with E-state index in [-0.39, 0.29) is 5.82 Å². The quantitative estimate of drug-likeness (QED) is 0.775. The molecule has 0 fully saturated rings.